The van der Waals surface area contributed by atoms with Crippen LogP contribution < -0.4 is 0 Å². The van der Waals surface area contributed by atoms with Gasteiger partial charge >= 0.3 is 0 Å². The van der Waals surface area contributed by atoms with Crippen LogP contribution >= 0.6 is 11.3 Å². The Kier molecular flexibility index (Phi) is 5.60. The summed E-state index contributed by atoms with van der Waals surface area (Å²) in [5.74, 6) is 0.529. The second kappa shape index (κ2) is 8.67. The van der Waals surface area contributed by atoms with Gasteiger partial charge in [0.25, 0.3) is 11.8 Å². The van der Waals surface area contributed by atoms with Crippen LogP contribution in [0.3, 0.4) is 0 Å². The first-order valence-corrected chi connectivity index (χ1v) is 11.9. The third-order valence-electron chi connectivity index (χ3n) is 6.55. The van der Waals surface area contributed by atoms with Crippen LogP contribution in [0.5, 0.6) is 0 Å². The number of hydrogen-bond donors (Lipinski definition) is 0. The molecule has 0 aliphatic carbocycles. The Morgan fingerprint density at radius 3 is 2.45 bits per heavy atom. The lowest BCUT2D eigenvalue weighted by Gasteiger charge is -2.31. The molecule has 0 spiro atoms. The largest absolute Gasteiger partial charge is 0.336 e. The molecule has 3 heterocycles. The van der Waals surface area contributed by atoms with E-state index in [0.29, 0.717) is 12.5 Å². The lowest BCUT2D eigenvalue weighted by atomic mass is 9.96. The molecule has 0 unspecified atom stereocenters. The van der Waals surface area contributed by atoms with Crippen molar-refractivity contribution in [2.45, 2.75) is 25.3 Å². The molecule has 0 N–H and O–H groups in total. The summed E-state index contributed by atoms with van der Waals surface area (Å²) in [6.07, 6.45) is 3.19. The van der Waals surface area contributed by atoms with Crippen molar-refractivity contribution in [3.8, 4) is 11.1 Å². The summed E-state index contributed by atoms with van der Waals surface area (Å²) in [4.78, 5) is 31.6. The van der Waals surface area contributed by atoms with E-state index in [1.54, 1.807) is 0 Å². The zero-order chi connectivity index (χ0) is 21.2. The zero-order valence-electron chi connectivity index (χ0n) is 17.4. The van der Waals surface area contributed by atoms with E-state index in [-0.39, 0.29) is 17.9 Å². The number of hydrogen-bond acceptors (Lipinski definition) is 3. The number of carbonyl (C=O) groups is 2. The highest BCUT2D eigenvalue weighted by Gasteiger charge is 2.42. The molecule has 31 heavy (non-hydrogen) atoms. The van der Waals surface area contributed by atoms with Gasteiger partial charge < -0.3 is 9.80 Å². The highest BCUT2D eigenvalue weighted by Crippen LogP contribution is 2.33. The van der Waals surface area contributed by atoms with E-state index in [2.05, 4.69) is 4.90 Å². The monoisotopic (exact) mass is 430 g/mol. The van der Waals surface area contributed by atoms with Gasteiger partial charge in [-0.25, -0.2) is 0 Å². The van der Waals surface area contributed by atoms with Crippen molar-refractivity contribution in [1.29, 1.82) is 0 Å². The lowest BCUT2D eigenvalue weighted by molar-refractivity contribution is 0.0647. The molecule has 2 amide bonds. The van der Waals surface area contributed by atoms with Crippen molar-refractivity contribution in [2.75, 3.05) is 19.6 Å². The Bertz CT molecular complexity index is 1060. The third-order valence-corrected chi connectivity index (χ3v) is 7.41. The molecule has 2 fully saturated rings. The van der Waals surface area contributed by atoms with Gasteiger partial charge in [0.2, 0.25) is 0 Å². The molecule has 0 saturated carbocycles. The number of carbonyl (C=O) groups excluding carboxylic acids is 2. The summed E-state index contributed by atoms with van der Waals surface area (Å²) >= 11 is 1.49. The highest BCUT2D eigenvalue weighted by molar-refractivity contribution is 7.12. The maximum Gasteiger partial charge on any atom is 0.263 e. The highest BCUT2D eigenvalue weighted by atomic mass is 32.1. The summed E-state index contributed by atoms with van der Waals surface area (Å²) < 4.78 is 0. The molecule has 2 aliphatic heterocycles. The van der Waals surface area contributed by atoms with E-state index in [0.717, 1.165) is 53.9 Å². The van der Waals surface area contributed by atoms with Crippen molar-refractivity contribution in [3.05, 3.63) is 82.6 Å². The van der Waals surface area contributed by atoms with Gasteiger partial charge in [0, 0.05) is 25.2 Å². The maximum absolute atomic E-state index is 13.8. The van der Waals surface area contributed by atoms with Gasteiger partial charge in [0.15, 0.2) is 0 Å². The number of thiophene rings is 1. The number of rotatable bonds is 3. The van der Waals surface area contributed by atoms with E-state index in [1.165, 1.54) is 11.3 Å². The Morgan fingerprint density at radius 1 is 0.839 bits per heavy atom. The minimum absolute atomic E-state index is 0.0850. The molecule has 5 heteroatoms. The first-order valence-electron chi connectivity index (χ1n) is 11.0. The Labute approximate surface area is 187 Å². The molecule has 2 saturated heterocycles. The van der Waals surface area contributed by atoms with Crippen LogP contribution in [0, 0.1) is 5.92 Å². The van der Waals surface area contributed by atoms with E-state index < -0.39 is 0 Å². The fourth-order valence-corrected chi connectivity index (χ4v) is 5.70. The van der Waals surface area contributed by atoms with E-state index in [1.807, 2.05) is 77.0 Å². The van der Waals surface area contributed by atoms with E-state index >= 15 is 0 Å². The summed E-state index contributed by atoms with van der Waals surface area (Å²) in [6, 6.07) is 21.9. The van der Waals surface area contributed by atoms with Crippen LogP contribution in [-0.4, -0.2) is 47.3 Å². The molecule has 158 valence electrons. The molecule has 5 rings (SSSR count). The van der Waals surface area contributed by atoms with Crippen molar-refractivity contribution < 1.29 is 9.59 Å². The number of likely N-dealkylation sites (tertiary alicyclic amines) is 2. The lowest BCUT2D eigenvalue weighted by Crippen LogP contribution is -2.44. The van der Waals surface area contributed by atoms with Gasteiger partial charge in [-0.05, 0) is 47.4 Å². The topological polar surface area (TPSA) is 40.6 Å². The average molecular weight is 431 g/mol. The van der Waals surface area contributed by atoms with Gasteiger partial charge in [0.05, 0.1) is 10.9 Å². The molecule has 2 aromatic carbocycles. The minimum Gasteiger partial charge on any atom is -0.336 e. The average Bonchev–Trinajstić information content (AvgIpc) is 3.46. The molecule has 0 radical (unpaired) electrons. The van der Waals surface area contributed by atoms with E-state index in [4.69, 9.17) is 0 Å². The normalized spacial score (nSPS) is 20.9. The Balaban J connectivity index is 1.43. The number of amides is 2. The predicted molar refractivity (Wildman–Crippen MR) is 124 cm³/mol. The molecule has 1 aromatic heterocycles. The SMILES string of the molecule is O=C(c1cccs1)N1C[C@@H]2CCCCN(C(=O)c3ccccc3-c3ccccc3)[C@@H]2C1. The fraction of sp³-hybridized carbons (Fsp3) is 0.308. The van der Waals surface area contributed by atoms with Gasteiger partial charge in [-0.1, -0.05) is 61.0 Å². The smallest absolute Gasteiger partial charge is 0.263 e. The minimum atomic E-state index is 0.0850. The summed E-state index contributed by atoms with van der Waals surface area (Å²) in [6.45, 7) is 2.12. The van der Waals surface area contributed by atoms with Crippen molar-refractivity contribution >= 4 is 23.2 Å². The first kappa shape index (κ1) is 20.0. The molecule has 2 atom stereocenters. The van der Waals surface area contributed by atoms with Crippen LogP contribution in [-0.2, 0) is 0 Å². The zero-order valence-corrected chi connectivity index (χ0v) is 18.3. The fourth-order valence-electron chi connectivity index (χ4n) is 5.01. The first-order chi connectivity index (χ1) is 15.2. The predicted octanol–water partition coefficient (Wildman–Crippen LogP) is 5.18. The van der Waals surface area contributed by atoms with Crippen LogP contribution in [0.1, 0.15) is 39.3 Å². The second-order valence-electron chi connectivity index (χ2n) is 8.42. The van der Waals surface area contributed by atoms with Gasteiger partial charge in [-0.3, -0.25) is 9.59 Å². The Hall–Kier alpha value is -2.92. The van der Waals surface area contributed by atoms with Crippen LogP contribution in [0.15, 0.2) is 72.1 Å². The van der Waals surface area contributed by atoms with Crippen LogP contribution in [0.4, 0.5) is 0 Å². The van der Waals surface area contributed by atoms with Crippen molar-refractivity contribution in [1.82, 2.24) is 9.80 Å². The van der Waals surface area contributed by atoms with Gasteiger partial charge in [0.1, 0.15) is 0 Å². The van der Waals surface area contributed by atoms with Gasteiger partial charge in [-0.2, -0.15) is 0 Å². The molecule has 4 nitrogen and oxygen atoms in total. The molecule has 0 bridgehead atoms. The summed E-state index contributed by atoms with van der Waals surface area (Å²) in [7, 11) is 0. The summed E-state index contributed by atoms with van der Waals surface area (Å²) in [5.41, 5.74) is 2.77. The summed E-state index contributed by atoms with van der Waals surface area (Å²) in [5, 5.41) is 1.94. The molecular formula is C26H26N2O2S. The molecule has 3 aromatic rings. The number of nitrogens with zero attached hydrogens (tertiary/aromatic N) is 2. The maximum atomic E-state index is 13.8. The number of benzene rings is 2. The van der Waals surface area contributed by atoms with Gasteiger partial charge in [-0.15, -0.1) is 11.3 Å². The van der Waals surface area contributed by atoms with Crippen LogP contribution in [0.25, 0.3) is 11.1 Å². The third kappa shape index (κ3) is 3.90. The van der Waals surface area contributed by atoms with E-state index in [9.17, 15) is 9.59 Å². The quantitative estimate of drug-likeness (QED) is 0.574. The van der Waals surface area contributed by atoms with Crippen molar-refractivity contribution in [2.24, 2.45) is 5.92 Å². The standard InChI is InChI=1S/C26H26N2O2S/c29-25(22-13-5-4-12-21(22)19-9-2-1-3-10-19)28-15-7-6-11-20-17-27(18-23(20)28)26(30)24-14-8-16-31-24/h1-5,8-10,12-14,16,20,23H,6-7,11,15,17-18H2/t20-,23+/m0/s1. The molecule has 2 aliphatic rings. The number of fused-ring (bicyclic) bond motifs is 1. The van der Waals surface area contributed by atoms with Crippen LogP contribution in [0.2, 0.25) is 0 Å². The molecular weight excluding hydrogens is 404 g/mol. The van der Waals surface area contributed by atoms with Crippen molar-refractivity contribution in [3.63, 3.8) is 0 Å². The second-order valence-corrected chi connectivity index (χ2v) is 9.37. The Morgan fingerprint density at radius 2 is 1.65 bits per heavy atom.